The van der Waals surface area contributed by atoms with Crippen molar-refractivity contribution in [3.8, 4) is 0 Å². The predicted molar refractivity (Wildman–Crippen MR) is 132 cm³/mol. The standard InChI is InChI=1S/C19H19BBr3N7O2/c20-15-9(21)3-13(27-15)17(31)25-5-7-1-11-12(30-19(24)29-11)2-8(7)6-26-18(32)14-4-10(22)16(23)28-14/h3-4,7-8,27-28H,1-2,5-6H2,(H,25,31)(H,26,32)(H3,24,29,30)/t7-,8-/m0/s1. The molecule has 2 atom stereocenters. The highest BCUT2D eigenvalue weighted by Gasteiger charge is 2.31. The highest BCUT2D eigenvalue weighted by atomic mass is 79.9. The molecule has 32 heavy (non-hydrogen) atoms. The predicted octanol–water partition coefficient (Wildman–Crippen LogP) is 1.92. The summed E-state index contributed by atoms with van der Waals surface area (Å²) < 4.78 is 2.12. The largest absolute Gasteiger partial charge is 0.369 e. The molecule has 7 N–H and O–H groups in total. The van der Waals surface area contributed by atoms with E-state index in [1.165, 1.54) is 0 Å². The number of anilines is 1. The first-order valence-electron chi connectivity index (χ1n) is 9.78. The van der Waals surface area contributed by atoms with Gasteiger partial charge < -0.3 is 31.3 Å². The molecule has 0 saturated heterocycles. The number of rotatable bonds is 6. The zero-order valence-corrected chi connectivity index (χ0v) is 21.4. The van der Waals surface area contributed by atoms with Crippen molar-refractivity contribution in [1.82, 2.24) is 30.6 Å². The molecule has 4 rings (SSSR count). The van der Waals surface area contributed by atoms with E-state index in [9.17, 15) is 9.59 Å². The number of fused-ring (bicyclic) bond motifs is 1. The van der Waals surface area contributed by atoms with Gasteiger partial charge in [-0.1, -0.05) is 0 Å². The zero-order valence-electron chi connectivity index (χ0n) is 16.7. The molecule has 0 bridgehead atoms. The van der Waals surface area contributed by atoms with E-state index < -0.39 is 0 Å². The minimum absolute atomic E-state index is 0.0664. The van der Waals surface area contributed by atoms with Gasteiger partial charge in [0.15, 0.2) is 5.95 Å². The summed E-state index contributed by atoms with van der Waals surface area (Å²) in [5.74, 6) is 0.0518. The normalized spacial score (nSPS) is 17.7. The number of nitrogen functional groups attached to an aromatic ring is 1. The first-order chi connectivity index (χ1) is 15.2. The van der Waals surface area contributed by atoms with Gasteiger partial charge in [0, 0.05) is 23.3 Å². The van der Waals surface area contributed by atoms with Crippen molar-refractivity contribution in [2.45, 2.75) is 12.8 Å². The number of imidazole rings is 1. The maximum absolute atomic E-state index is 12.6. The van der Waals surface area contributed by atoms with Gasteiger partial charge in [0.05, 0.1) is 14.8 Å². The van der Waals surface area contributed by atoms with Crippen LogP contribution in [0, 0.1) is 11.8 Å². The number of hydrogen-bond donors (Lipinski definition) is 6. The number of aromatic nitrogens is 4. The summed E-state index contributed by atoms with van der Waals surface area (Å²) in [6, 6.07) is 3.36. The van der Waals surface area contributed by atoms with Gasteiger partial charge in [0.1, 0.15) is 19.2 Å². The second-order valence-electron chi connectivity index (χ2n) is 7.69. The molecular weight excluding hydrogens is 609 g/mol. The van der Waals surface area contributed by atoms with Gasteiger partial charge in [-0.05, 0) is 90.2 Å². The zero-order chi connectivity index (χ0) is 23.0. The molecule has 2 radical (unpaired) electrons. The van der Waals surface area contributed by atoms with Gasteiger partial charge in [-0.25, -0.2) is 4.98 Å². The van der Waals surface area contributed by atoms with E-state index in [0.29, 0.717) is 57.9 Å². The Balaban J connectivity index is 1.44. The lowest BCUT2D eigenvalue weighted by Crippen LogP contribution is -2.42. The molecule has 1 aliphatic carbocycles. The van der Waals surface area contributed by atoms with Crippen LogP contribution in [0.25, 0.3) is 0 Å². The van der Waals surface area contributed by atoms with Gasteiger partial charge in [0.2, 0.25) is 0 Å². The molecule has 9 nitrogen and oxygen atoms in total. The van der Waals surface area contributed by atoms with Crippen LogP contribution in [0.5, 0.6) is 0 Å². The quantitative estimate of drug-likeness (QED) is 0.232. The third-order valence-corrected chi connectivity index (χ3v) is 7.97. The average Bonchev–Trinajstić information content (AvgIpc) is 3.39. The summed E-state index contributed by atoms with van der Waals surface area (Å²) in [5, 5.41) is 5.95. The van der Waals surface area contributed by atoms with Crippen LogP contribution in [0.3, 0.4) is 0 Å². The first-order valence-corrected chi connectivity index (χ1v) is 12.2. The van der Waals surface area contributed by atoms with Crippen LogP contribution >= 0.6 is 47.8 Å². The molecule has 3 heterocycles. The first kappa shape index (κ1) is 23.2. The van der Waals surface area contributed by atoms with Gasteiger partial charge in [-0.3, -0.25) is 9.59 Å². The summed E-state index contributed by atoms with van der Waals surface area (Å²) in [5.41, 5.74) is 8.93. The van der Waals surface area contributed by atoms with Crippen molar-refractivity contribution in [3.63, 3.8) is 0 Å². The molecule has 0 fully saturated rings. The molecule has 3 aromatic rings. The van der Waals surface area contributed by atoms with Crippen LogP contribution in [0.2, 0.25) is 0 Å². The van der Waals surface area contributed by atoms with Gasteiger partial charge >= 0.3 is 0 Å². The monoisotopic (exact) mass is 625 g/mol. The van der Waals surface area contributed by atoms with E-state index in [-0.39, 0.29) is 23.7 Å². The number of hydrogen-bond acceptors (Lipinski definition) is 4. The maximum atomic E-state index is 12.6. The number of aromatic amines is 3. The molecule has 1 aliphatic rings. The van der Waals surface area contributed by atoms with E-state index in [4.69, 9.17) is 13.6 Å². The molecule has 166 valence electrons. The van der Waals surface area contributed by atoms with Crippen LogP contribution in [-0.4, -0.2) is 52.7 Å². The third-order valence-electron chi connectivity index (χ3n) is 5.53. The molecule has 0 unspecified atom stereocenters. The maximum Gasteiger partial charge on any atom is 0.267 e. The number of nitrogens with two attached hydrogens (primary N) is 1. The lowest BCUT2D eigenvalue weighted by atomic mass is 9.79. The number of H-pyrrole nitrogens is 3. The van der Waals surface area contributed by atoms with E-state index in [1.807, 2.05) is 0 Å². The van der Waals surface area contributed by atoms with E-state index in [0.717, 1.165) is 15.9 Å². The highest BCUT2D eigenvalue weighted by molar-refractivity contribution is 9.13. The summed E-state index contributed by atoms with van der Waals surface area (Å²) in [6.07, 6.45) is 1.31. The van der Waals surface area contributed by atoms with E-state index >= 15 is 0 Å². The Kier molecular flexibility index (Phi) is 6.87. The van der Waals surface area contributed by atoms with Crippen molar-refractivity contribution in [3.05, 3.63) is 48.5 Å². The van der Waals surface area contributed by atoms with Crippen LogP contribution in [-0.2, 0) is 12.8 Å². The fourth-order valence-electron chi connectivity index (χ4n) is 3.86. The van der Waals surface area contributed by atoms with Gasteiger partial charge in [0.25, 0.3) is 11.8 Å². The third kappa shape index (κ3) is 4.99. The molecule has 0 aromatic carbocycles. The van der Waals surface area contributed by atoms with E-state index in [1.54, 1.807) is 12.1 Å². The Labute approximate surface area is 210 Å². The summed E-state index contributed by atoms with van der Waals surface area (Å²) in [6.45, 7) is 0.856. The van der Waals surface area contributed by atoms with Gasteiger partial charge in [-0.2, -0.15) is 0 Å². The fourth-order valence-corrected chi connectivity index (χ4v) is 4.84. The minimum atomic E-state index is -0.249. The average molecular weight is 628 g/mol. The lowest BCUT2D eigenvalue weighted by Gasteiger charge is -2.31. The van der Waals surface area contributed by atoms with Crippen molar-refractivity contribution >= 4 is 79.0 Å². The Morgan fingerprint density at radius 3 is 2.16 bits per heavy atom. The van der Waals surface area contributed by atoms with Crippen LogP contribution in [0.15, 0.2) is 25.7 Å². The Morgan fingerprint density at radius 2 is 1.59 bits per heavy atom. The second-order valence-corrected chi connectivity index (χ2v) is 10.2. The molecular formula is C19H19BBr3N7O2. The topological polar surface area (TPSA) is 144 Å². The van der Waals surface area contributed by atoms with Crippen LogP contribution in [0.4, 0.5) is 5.95 Å². The molecule has 0 saturated carbocycles. The Hall–Kier alpha value is -1.99. The van der Waals surface area contributed by atoms with Gasteiger partial charge in [-0.15, -0.1) is 0 Å². The minimum Gasteiger partial charge on any atom is -0.369 e. The fraction of sp³-hybridized carbons (Fsp3) is 0.316. The number of halogens is 3. The van der Waals surface area contributed by atoms with Crippen molar-refractivity contribution < 1.29 is 9.59 Å². The summed E-state index contributed by atoms with van der Waals surface area (Å²) in [4.78, 5) is 38.4. The van der Waals surface area contributed by atoms with E-state index in [2.05, 4.69) is 78.4 Å². The summed E-state index contributed by atoms with van der Waals surface area (Å²) >= 11 is 10.0. The molecule has 3 aromatic heterocycles. The number of amides is 2. The van der Waals surface area contributed by atoms with Crippen LogP contribution < -0.4 is 22.0 Å². The van der Waals surface area contributed by atoms with Crippen molar-refractivity contribution in [2.75, 3.05) is 18.8 Å². The number of carbonyl (C=O) groups is 2. The number of nitrogens with one attached hydrogen (secondary N) is 5. The van der Waals surface area contributed by atoms with Crippen molar-refractivity contribution in [2.24, 2.45) is 11.8 Å². The molecule has 13 heteroatoms. The Bertz CT molecular complexity index is 1050. The number of carbonyl (C=O) groups excluding carboxylic acids is 2. The van der Waals surface area contributed by atoms with Crippen molar-refractivity contribution in [1.29, 1.82) is 0 Å². The lowest BCUT2D eigenvalue weighted by molar-refractivity contribution is 0.0911. The van der Waals surface area contributed by atoms with Crippen LogP contribution in [0.1, 0.15) is 32.4 Å². The molecule has 0 aliphatic heterocycles. The second kappa shape index (κ2) is 9.48. The highest BCUT2D eigenvalue weighted by Crippen LogP contribution is 2.29. The number of nitrogens with zero attached hydrogens (tertiary/aromatic N) is 1. The smallest absolute Gasteiger partial charge is 0.267 e. The molecule has 0 spiro atoms. The Morgan fingerprint density at radius 1 is 1.00 bits per heavy atom. The SMILES string of the molecule is [B]c1[nH]c(C(=O)NC[C@@H]2Cc3[nH]c(N)nc3C[C@H]2CNC(=O)c2cc(Br)c(Br)[nH]2)cc1Br. The summed E-state index contributed by atoms with van der Waals surface area (Å²) in [7, 11) is 5.77. The molecule has 2 amide bonds.